The quantitative estimate of drug-likeness (QED) is 0.355. The first-order valence-electron chi connectivity index (χ1n) is 14.6. The van der Waals surface area contributed by atoms with Gasteiger partial charge in [-0.05, 0) is 92.2 Å². The zero-order valence-electron chi connectivity index (χ0n) is 23.6. The molecule has 0 heterocycles. The van der Waals surface area contributed by atoms with E-state index in [1.54, 1.807) is 13.3 Å². The van der Waals surface area contributed by atoms with Crippen LogP contribution in [-0.4, -0.2) is 44.0 Å². The Hall–Kier alpha value is -3.12. The molecule has 0 spiro atoms. The summed E-state index contributed by atoms with van der Waals surface area (Å²) in [5.74, 6) is 2.36. The van der Waals surface area contributed by atoms with Crippen LogP contribution in [0.25, 0.3) is 5.57 Å². The zero-order chi connectivity index (χ0) is 27.6. The lowest BCUT2D eigenvalue weighted by atomic mass is 9.78. The first kappa shape index (κ1) is 28.9. The van der Waals surface area contributed by atoms with E-state index in [1.807, 2.05) is 12.1 Å². The van der Waals surface area contributed by atoms with E-state index in [2.05, 4.69) is 47.1 Å². The minimum Gasteiger partial charge on any atom is -0.496 e. The van der Waals surface area contributed by atoms with Crippen molar-refractivity contribution >= 4 is 23.4 Å². The summed E-state index contributed by atoms with van der Waals surface area (Å²) in [7, 11) is 1.72. The van der Waals surface area contributed by atoms with E-state index in [1.165, 1.54) is 23.7 Å². The van der Waals surface area contributed by atoms with Crippen LogP contribution in [0.3, 0.4) is 0 Å². The lowest BCUT2D eigenvalue weighted by Crippen LogP contribution is -2.41. The van der Waals surface area contributed by atoms with Crippen LogP contribution in [0.1, 0.15) is 80.4 Å². The van der Waals surface area contributed by atoms with E-state index in [4.69, 9.17) is 15.6 Å². The number of hydrogen-bond acceptors (Lipinski definition) is 5. The highest BCUT2D eigenvalue weighted by Gasteiger charge is 2.31. The molecule has 0 aromatic heterocycles. The van der Waals surface area contributed by atoms with Crippen molar-refractivity contribution < 1.29 is 14.6 Å². The fourth-order valence-corrected chi connectivity index (χ4v) is 6.27. The second kappa shape index (κ2) is 14.3. The van der Waals surface area contributed by atoms with E-state index >= 15 is 0 Å². The molecule has 6 heteroatoms. The Morgan fingerprint density at radius 1 is 1.08 bits per heavy atom. The largest absolute Gasteiger partial charge is 0.496 e. The first-order valence-corrected chi connectivity index (χ1v) is 14.6. The Morgan fingerprint density at radius 3 is 2.51 bits per heavy atom. The van der Waals surface area contributed by atoms with Gasteiger partial charge in [-0.15, -0.1) is 0 Å². The number of aryl methyl sites for hydroxylation is 1. The molecule has 2 aromatic carbocycles. The summed E-state index contributed by atoms with van der Waals surface area (Å²) >= 11 is 0. The van der Waals surface area contributed by atoms with Crippen LogP contribution in [0.4, 0.5) is 5.69 Å². The summed E-state index contributed by atoms with van der Waals surface area (Å²) in [6.45, 7) is 3.20. The van der Waals surface area contributed by atoms with Gasteiger partial charge in [-0.2, -0.15) is 0 Å². The van der Waals surface area contributed by atoms with Gasteiger partial charge < -0.3 is 20.5 Å². The van der Waals surface area contributed by atoms with Crippen molar-refractivity contribution in [3.8, 4) is 5.75 Å². The molecule has 0 bridgehead atoms. The van der Waals surface area contributed by atoms with Crippen LogP contribution >= 0.6 is 0 Å². The number of aliphatic hydroxyl groups is 1. The summed E-state index contributed by atoms with van der Waals surface area (Å²) in [5, 5.41) is 9.08. The Bertz CT molecular complexity index is 1140. The Labute approximate surface area is 234 Å². The van der Waals surface area contributed by atoms with Crippen LogP contribution in [-0.2, 0) is 4.79 Å². The average molecular weight is 532 g/mol. The third kappa shape index (κ3) is 7.51. The molecule has 4 rings (SSSR count). The lowest BCUT2D eigenvalue weighted by molar-refractivity contribution is -0.123. The molecule has 6 nitrogen and oxygen atoms in total. The lowest BCUT2D eigenvalue weighted by Gasteiger charge is -2.35. The summed E-state index contributed by atoms with van der Waals surface area (Å²) < 4.78 is 5.45. The van der Waals surface area contributed by atoms with Gasteiger partial charge in [0.2, 0.25) is 5.91 Å². The molecule has 2 fully saturated rings. The van der Waals surface area contributed by atoms with E-state index < -0.39 is 0 Å². The maximum Gasteiger partial charge on any atom is 0.230 e. The third-order valence-corrected chi connectivity index (χ3v) is 8.53. The highest BCUT2D eigenvalue weighted by atomic mass is 16.5. The number of aliphatic hydroxyl groups excluding tert-OH is 1. The van der Waals surface area contributed by atoms with Crippen molar-refractivity contribution in [3.63, 3.8) is 0 Å². The van der Waals surface area contributed by atoms with Gasteiger partial charge in [0.1, 0.15) is 5.75 Å². The van der Waals surface area contributed by atoms with Crippen LogP contribution in [0.2, 0.25) is 0 Å². The van der Waals surface area contributed by atoms with Crippen molar-refractivity contribution in [1.29, 1.82) is 0 Å². The molecule has 39 heavy (non-hydrogen) atoms. The predicted molar refractivity (Wildman–Crippen MR) is 160 cm³/mol. The normalized spacial score (nSPS) is 20.7. The van der Waals surface area contributed by atoms with Gasteiger partial charge in [0, 0.05) is 36.1 Å². The van der Waals surface area contributed by atoms with Crippen LogP contribution in [0.5, 0.6) is 5.75 Å². The minimum absolute atomic E-state index is 0.00161. The van der Waals surface area contributed by atoms with Crippen molar-refractivity contribution in [1.82, 2.24) is 0 Å². The Morgan fingerprint density at radius 2 is 1.85 bits per heavy atom. The number of aliphatic imine (C=N–C) groups is 1. The molecule has 2 saturated carbocycles. The van der Waals surface area contributed by atoms with E-state index in [9.17, 15) is 4.79 Å². The number of hydrogen-bond donors (Lipinski definition) is 2. The SMILES string of the molecule is COc1ccc(C2CCC(CN(C(=O)C3CCCCC3)c3cccc(C(C=NCCO)=CN)c3)CC2)cc1C. The second-order valence-corrected chi connectivity index (χ2v) is 11.2. The smallest absolute Gasteiger partial charge is 0.230 e. The number of anilines is 1. The van der Waals surface area contributed by atoms with E-state index in [0.29, 0.717) is 18.4 Å². The number of carbonyl (C=O) groups excluding carboxylic acids is 1. The second-order valence-electron chi connectivity index (χ2n) is 11.2. The van der Waals surface area contributed by atoms with Gasteiger partial charge in [0.15, 0.2) is 0 Å². The Balaban J connectivity index is 1.51. The molecule has 2 aliphatic carbocycles. The molecule has 1 amide bonds. The zero-order valence-corrected chi connectivity index (χ0v) is 23.6. The Kier molecular flexibility index (Phi) is 10.6. The maximum absolute atomic E-state index is 13.9. The maximum atomic E-state index is 13.9. The van der Waals surface area contributed by atoms with Gasteiger partial charge in [-0.1, -0.05) is 43.5 Å². The van der Waals surface area contributed by atoms with Crippen molar-refractivity contribution in [2.45, 2.75) is 70.6 Å². The van der Waals surface area contributed by atoms with E-state index in [0.717, 1.165) is 80.5 Å². The number of rotatable bonds is 10. The summed E-state index contributed by atoms with van der Waals surface area (Å²) in [6, 6.07) is 14.7. The number of allylic oxidation sites excluding steroid dienone is 1. The predicted octanol–water partition coefficient (Wildman–Crippen LogP) is 6.25. The standard InChI is InChI=1S/C33H45N3O3/c1-24-19-29(15-16-32(24)39-2)26-13-11-25(12-14-26)23-36(33(38)27-7-4-3-5-8-27)31-10-6-9-28(20-31)30(21-34)22-35-17-18-37/h6,9-10,15-16,19-22,25-27,37H,3-5,7-8,11-14,17-18,23,34H2,1-2H3. The van der Waals surface area contributed by atoms with Crippen LogP contribution in [0, 0.1) is 18.8 Å². The summed E-state index contributed by atoms with van der Waals surface area (Å²) in [6.07, 6.45) is 13.2. The molecule has 2 aliphatic rings. The van der Waals surface area contributed by atoms with Crippen LogP contribution < -0.4 is 15.4 Å². The summed E-state index contributed by atoms with van der Waals surface area (Å²) in [5.41, 5.74) is 11.2. The first-order chi connectivity index (χ1) is 19.0. The fourth-order valence-electron chi connectivity index (χ4n) is 6.27. The highest BCUT2D eigenvalue weighted by molar-refractivity contribution is 6.10. The van der Waals surface area contributed by atoms with Gasteiger partial charge in [0.05, 0.1) is 20.3 Å². The number of carbonyl (C=O) groups is 1. The van der Waals surface area contributed by atoms with Gasteiger partial charge in [0.25, 0.3) is 0 Å². The molecular weight excluding hydrogens is 486 g/mol. The molecule has 0 radical (unpaired) electrons. The number of nitrogens with two attached hydrogens (primary N) is 1. The topological polar surface area (TPSA) is 88.1 Å². The third-order valence-electron chi connectivity index (χ3n) is 8.53. The molecular formula is C33H45N3O3. The molecule has 0 aliphatic heterocycles. The molecule has 210 valence electrons. The number of benzene rings is 2. The molecule has 2 aromatic rings. The van der Waals surface area contributed by atoms with Crippen molar-refractivity contribution in [2.75, 3.05) is 31.7 Å². The van der Waals surface area contributed by atoms with Gasteiger partial charge >= 0.3 is 0 Å². The molecule has 0 unspecified atom stereocenters. The molecule has 0 saturated heterocycles. The fraction of sp³-hybridized carbons (Fsp3) is 0.515. The molecule has 3 N–H and O–H groups in total. The van der Waals surface area contributed by atoms with Crippen molar-refractivity contribution in [3.05, 3.63) is 65.4 Å². The highest BCUT2D eigenvalue weighted by Crippen LogP contribution is 2.38. The minimum atomic E-state index is -0.00161. The van der Waals surface area contributed by atoms with Crippen LogP contribution in [0.15, 0.2) is 53.7 Å². The number of ether oxygens (including phenoxy) is 1. The van der Waals surface area contributed by atoms with Crippen molar-refractivity contribution in [2.24, 2.45) is 22.6 Å². The number of amides is 1. The average Bonchev–Trinajstić information content (AvgIpc) is 2.98. The number of methoxy groups -OCH3 is 1. The van der Waals surface area contributed by atoms with Gasteiger partial charge in [-0.25, -0.2) is 0 Å². The van der Waals surface area contributed by atoms with Gasteiger partial charge in [-0.3, -0.25) is 9.79 Å². The summed E-state index contributed by atoms with van der Waals surface area (Å²) in [4.78, 5) is 20.3. The van der Waals surface area contributed by atoms with E-state index in [-0.39, 0.29) is 18.4 Å². The molecule has 0 atom stereocenters. The number of nitrogens with zero attached hydrogens (tertiary/aromatic N) is 2. The monoisotopic (exact) mass is 531 g/mol.